The van der Waals surface area contributed by atoms with Crippen molar-refractivity contribution in [2.24, 2.45) is 0 Å². The lowest BCUT2D eigenvalue weighted by Crippen LogP contribution is -2.43. The number of benzene rings is 2. The number of esters is 1. The smallest absolute Gasteiger partial charge is 0.408 e. The van der Waals surface area contributed by atoms with Gasteiger partial charge in [-0.3, -0.25) is 0 Å². The Balaban J connectivity index is 1.48. The second-order valence-corrected chi connectivity index (χ2v) is 8.59. The minimum atomic E-state index is -0.856. The standard InChI is InChI=1S/C27H29NO6/c1-3-4-13-22(28-27(31)32-16-18-9-6-5-7-10-18)26(30)33-23-15-14-20-19-11-8-12-21(19)25(29)34-24(20)17(23)2/h5-7,9-10,14-15,22H,3-4,8,11-13,16H2,1-2H3,(H,28,31)/t22-/m1/s1. The summed E-state index contributed by atoms with van der Waals surface area (Å²) in [6, 6.07) is 12.0. The zero-order valence-corrected chi connectivity index (χ0v) is 19.5. The van der Waals surface area contributed by atoms with Gasteiger partial charge in [0.1, 0.15) is 24.0 Å². The van der Waals surface area contributed by atoms with Gasteiger partial charge in [0.25, 0.3) is 0 Å². The molecule has 0 spiro atoms. The predicted octanol–water partition coefficient (Wildman–Crippen LogP) is 4.98. The van der Waals surface area contributed by atoms with Crippen molar-refractivity contribution in [2.45, 2.75) is 65.0 Å². The van der Waals surface area contributed by atoms with Crippen LogP contribution in [0.5, 0.6) is 5.75 Å². The third kappa shape index (κ3) is 5.14. The van der Waals surface area contributed by atoms with Crippen LogP contribution in [0, 0.1) is 6.92 Å². The van der Waals surface area contributed by atoms with Crippen LogP contribution in [0.2, 0.25) is 0 Å². The Morgan fingerprint density at radius 2 is 1.85 bits per heavy atom. The van der Waals surface area contributed by atoms with Gasteiger partial charge in [-0.1, -0.05) is 50.1 Å². The van der Waals surface area contributed by atoms with E-state index in [-0.39, 0.29) is 12.2 Å². The number of nitrogens with one attached hydrogen (secondary N) is 1. The summed E-state index contributed by atoms with van der Waals surface area (Å²) >= 11 is 0. The molecule has 7 nitrogen and oxygen atoms in total. The van der Waals surface area contributed by atoms with E-state index in [0.717, 1.165) is 54.2 Å². The number of carbonyl (C=O) groups excluding carboxylic acids is 2. The molecule has 1 amide bonds. The molecule has 2 aromatic carbocycles. The summed E-state index contributed by atoms with van der Waals surface area (Å²) in [5.74, 6) is -0.282. The number of fused-ring (bicyclic) bond motifs is 3. The van der Waals surface area contributed by atoms with E-state index >= 15 is 0 Å². The van der Waals surface area contributed by atoms with E-state index in [2.05, 4.69) is 5.32 Å². The van der Waals surface area contributed by atoms with Gasteiger partial charge in [0.15, 0.2) is 0 Å². The van der Waals surface area contributed by atoms with Crippen LogP contribution in [0.1, 0.15) is 54.9 Å². The Bertz CT molecular complexity index is 1250. The van der Waals surface area contributed by atoms with Crippen molar-refractivity contribution in [2.75, 3.05) is 0 Å². The summed E-state index contributed by atoms with van der Waals surface area (Å²) < 4.78 is 16.5. The highest BCUT2D eigenvalue weighted by atomic mass is 16.6. The maximum Gasteiger partial charge on any atom is 0.408 e. The number of amides is 1. The maximum absolute atomic E-state index is 13.0. The Hall–Kier alpha value is -3.61. The topological polar surface area (TPSA) is 94.8 Å². The molecule has 1 N–H and O–H groups in total. The largest absolute Gasteiger partial charge is 0.445 e. The number of hydrogen-bond donors (Lipinski definition) is 1. The second kappa shape index (κ2) is 10.5. The Kier molecular flexibility index (Phi) is 7.30. The van der Waals surface area contributed by atoms with Gasteiger partial charge in [-0.25, -0.2) is 14.4 Å². The highest BCUT2D eigenvalue weighted by Crippen LogP contribution is 2.33. The number of hydrogen-bond acceptors (Lipinski definition) is 6. The van der Waals surface area contributed by atoms with Gasteiger partial charge < -0.3 is 19.2 Å². The van der Waals surface area contributed by atoms with Crippen LogP contribution >= 0.6 is 0 Å². The molecule has 1 aliphatic carbocycles. The van der Waals surface area contributed by atoms with Crippen molar-refractivity contribution in [1.82, 2.24) is 5.32 Å². The molecule has 34 heavy (non-hydrogen) atoms. The molecule has 0 aliphatic heterocycles. The number of unbranched alkanes of at least 4 members (excludes halogenated alkanes) is 1. The van der Waals surface area contributed by atoms with Crippen LogP contribution in [-0.2, 0) is 29.0 Å². The molecule has 3 aromatic rings. The minimum absolute atomic E-state index is 0.107. The first kappa shape index (κ1) is 23.5. The van der Waals surface area contributed by atoms with E-state index in [1.54, 1.807) is 13.0 Å². The number of rotatable bonds is 8. The number of ether oxygens (including phenoxy) is 2. The van der Waals surface area contributed by atoms with E-state index < -0.39 is 18.1 Å². The van der Waals surface area contributed by atoms with Crippen LogP contribution in [-0.4, -0.2) is 18.1 Å². The monoisotopic (exact) mass is 463 g/mol. The summed E-state index contributed by atoms with van der Waals surface area (Å²) in [5.41, 5.74) is 3.32. The molecule has 0 saturated heterocycles. The summed E-state index contributed by atoms with van der Waals surface area (Å²) in [6.45, 7) is 3.87. The van der Waals surface area contributed by atoms with E-state index in [1.807, 2.05) is 43.3 Å². The molecular weight excluding hydrogens is 434 g/mol. The molecule has 0 bridgehead atoms. The van der Waals surface area contributed by atoms with Gasteiger partial charge in [0, 0.05) is 16.5 Å². The van der Waals surface area contributed by atoms with Gasteiger partial charge in [0.05, 0.1) is 0 Å². The van der Waals surface area contributed by atoms with Crippen LogP contribution in [0.25, 0.3) is 11.0 Å². The molecule has 0 fully saturated rings. The minimum Gasteiger partial charge on any atom is -0.445 e. The lowest BCUT2D eigenvalue weighted by atomic mass is 10.0. The van der Waals surface area contributed by atoms with Crippen molar-refractivity contribution >= 4 is 23.0 Å². The number of aryl methyl sites for hydroxylation is 2. The van der Waals surface area contributed by atoms with Gasteiger partial charge >= 0.3 is 17.7 Å². The zero-order chi connectivity index (χ0) is 24.1. The van der Waals surface area contributed by atoms with Gasteiger partial charge in [0.2, 0.25) is 0 Å². The molecule has 1 atom stereocenters. The van der Waals surface area contributed by atoms with Crippen LogP contribution in [0.4, 0.5) is 4.79 Å². The van der Waals surface area contributed by atoms with E-state index in [1.165, 1.54) is 0 Å². The average molecular weight is 464 g/mol. The van der Waals surface area contributed by atoms with Crippen molar-refractivity contribution in [1.29, 1.82) is 0 Å². The predicted molar refractivity (Wildman–Crippen MR) is 128 cm³/mol. The second-order valence-electron chi connectivity index (χ2n) is 8.59. The third-order valence-electron chi connectivity index (χ3n) is 6.19. The molecule has 1 heterocycles. The number of alkyl carbamates (subject to hydrolysis) is 1. The van der Waals surface area contributed by atoms with Gasteiger partial charge in [-0.2, -0.15) is 0 Å². The molecule has 0 unspecified atom stereocenters. The molecule has 0 saturated carbocycles. The van der Waals surface area contributed by atoms with Crippen LogP contribution < -0.4 is 15.7 Å². The number of carbonyl (C=O) groups is 2. The summed E-state index contributed by atoms with van der Waals surface area (Å²) in [6.07, 6.45) is 3.83. The Morgan fingerprint density at radius 3 is 2.62 bits per heavy atom. The van der Waals surface area contributed by atoms with Crippen LogP contribution in [0.15, 0.2) is 51.7 Å². The van der Waals surface area contributed by atoms with Crippen molar-refractivity contribution < 1.29 is 23.5 Å². The average Bonchev–Trinajstić information content (AvgIpc) is 3.34. The van der Waals surface area contributed by atoms with E-state index in [9.17, 15) is 14.4 Å². The summed E-state index contributed by atoms with van der Waals surface area (Å²) in [5, 5.41) is 3.52. The van der Waals surface area contributed by atoms with Crippen LogP contribution in [0.3, 0.4) is 0 Å². The SMILES string of the molecule is CCCC[C@@H](NC(=O)OCc1ccccc1)C(=O)Oc1ccc2c3c(c(=O)oc2c1C)CCC3. The van der Waals surface area contributed by atoms with Gasteiger partial charge in [-0.05, 0) is 55.9 Å². The van der Waals surface area contributed by atoms with E-state index in [4.69, 9.17) is 13.9 Å². The van der Waals surface area contributed by atoms with Gasteiger partial charge in [-0.15, -0.1) is 0 Å². The molecular formula is C27H29NO6. The first-order valence-electron chi connectivity index (χ1n) is 11.7. The molecule has 0 radical (unpaired) electrons. The first-order chi connectivity index (χ1) is 16.5. The quantitative estimate of drug-likeness (QED) is 0.288. The molecule has 1 aliphatic rings. The maximum atomic E-state index is 13.0. The molecule has 7 heteroatoms. The van der Waals surface area contributed by atoms with Crippen molar-refractivity contribution in [3.05, 3.63) is 75.1 Å². The van der Waals surface area contributed by atoms with Crippen molar-refractivity contribution in [3.8, 4) is 5.75 Å². The first-order valence-corrected chi connectivity index (χ1v) is 11.7. The van der Waals surface area contributed by atoms with Crippen molar-refractivity contribution in [3.63, 3.8) is 0 Å². The Morgan fingerprint density at radius 1 is 1.09 bits per heavy atom. The lowest BCUT2D eigenvalue weighted by Gasteiger charge is -2.18. The fraction of sp³-hybridized carbons (Fsp3) is 0.370. The highest BCUT2D eigenvalue weighted by Gasteiger charge is 2.26. The molecule has 1 aromatic heterocycles. The highest BCUT2D eigenvalue weighted by molar-refractivity contribution is 5.88. The molecule has 4 rings (SSSR count). The Labute approximate surface area is 198 Å². The molecule has 178 valence electrons. The fourth-order valence-corrected chi connectivity index (χ4v) is 4.32. The summed E-state index contributed by atoms with van der Waals surface area (Å²) in [4.78, 5) is 37.7. The zero-order valence-electron chi connectivity index (χ0n) is 19.5. The normalized spacial score (nSPS) is 13.4. The lowest BCUT2D eigenvalue weighted by molar-refractivity contribution is -0.136. The fourth-order valence-electron chi connectivity index (χ4n) is 4.32. The summed E-state index contributed by atoms with van der Waals surface area (Å²) in [7, 11) is 0. The van der Waals surface area contributed by atoms with E-state index in [0.29, 0.717) is 23.3 Å². The third-order valence-corrected chi connectivity index (χ3v) is 6.19.